The molecular formula is C33H31F3N2O7. The smallest absolute Gasteiger partial charge is 0.475 e. The van der Waals surface area contributed by atoms with Crippen LogP contribution < -0.4 is 5.32 Å². The molecule has 0 saturated carbocycles. The lowest BCUT2D eigenvalue weighted by Gasteiger charge is -2.32. The zero-order valence-corrected chi connectivity index (χ0v) is 24.6. The minimum Gasteiger partial charge on any atom is -0.475 e. The molecule has 2 aliphatic heterocycles. The van der Waals surface area contributed by atoms with Crippen molar-refractivity contribution in [1.82, 2.24) is 10.2 Å². The topological polar surface area (TPSA) is 130 Å². The minimum absolute atomic E-state index is 0.00949. The van der Waals surface area contributed by atoms with Crippen molar-refractivity contribution in [2.45, 2.75) is 38.0 Å². The third-order valence-corrected chi connectivity index (χ3v) is 8.07. The van der Waals surface area contributed by atoms with E-state index in [1.165, 1.54) is 18.9 Å². The number of amides is 2. The van der Waals surface area contributed by atoms with Crippen LogP contribution in [0, 0.1) is 11.8 Å². The summed E-state index contributed by atoms with van der Waals surface area (Å²) in [6, 6.07) is 24.0. The number of esters is 1. The van der Waals surface area contributed by atoms with Gasteiger partial charge in [-0.2, -0.15) is 13.2 Å². The van der Waals surface area contributed by atoms with E-state index in [1.54, 1.807) is 19.1 Å². The molecule has 5 rings (SSSR count). The highest BCUT2D eigenvalue weighted by atomic mass is 19.4. The Labute approximate surface area is 257 Å². The fourth-order valence-electron chi connectivity index (χ4n) is 5.96. The van der Waals surface area contributed by atoms with Crippen molar-refractivity contribution in [3.63, 3.8) is 0 Å². The van der Waals surface area contributed by atoms with Crippen LogP contribution in [0.1, 0.15) is 41.4 Å². The van der Waals surface area contributed by atoms with Gasteiger partial charge in [-0.25, -0.2) is 4.79 Å². The Kier molecular flexibility index (Phi) is 9.57. The molecule has 0 spiro atoms. The highest BCUT2D eigenvalue weighted by Gasteiger charge is 2.68. The van der Waals surface area contributed by atoms with Crippen molar-refractivity contribution in [3.05, 3.63) is 95.6 Å². The quantitative estimate of drug-likeness (QED) is 0.222. The molecule has 2 heterocycles. The summed E-state index contributed by atoms with van der Waals surface area (Å²) in [5, 5.41) is 10.6. The molecule has 45 heavy (non-hydrogen) atoms. The number of nitrogens with one attached hydrogen (secondary N) is 1. The van der Waals surface area contributed by atoms with Crippen LogP contribution >= 0.6 is 0 Å². The van der Waals surface area contributed by atoms with Gasteiger partial charge in [0.1, 0.15) is 5.54 Å². The van der Waals surface area contributed by atoms with Crippen molar-refractivity contribution >= 4 is 29.5 Å². The fraction of sp³-hybridized carbons (Fsp3) is 0.303. The number of Topliss-reactive ketones (excluding diaryl/α,β-unsaturated/α-hetero) is 1. The highest BCUT2D eigenvalue weighted by Crippen LogP contribution is 2.50. The lowest BCUT2D eigenvalue weighted by Crippen LogP contribution is -2.57. The summed E-state index contributed by atoms with van der Waals surface area (Å²) < 4.78 is 37.0. The van der Waals surface area contributed by atoms with Gasteiger partial charge in [0.05, 0.1) is 18.9 Å². The average Bonchev–Trinajstić information content (AvgIpc) is 3.49. The van der Waals surface area contributed by atoms with Crippen molar-refractivity contribution in [2.75, 3.05) is 13.7 Å². The summed E-state index contributed by atoms with van der Waals surface area (Å²) in [7, 11) is 1.31. The number of carboxylic acids is 1. The predicted octanol–water partition coefficient (Wildman–Crippen LogP) is 4.61. The SMILES string of the molecule is CCN1C(=O)[C@H]2[C@@H](c3ccc(-c4ccc(C(C)=O)cc4)cc3)N[C@@](Cc3ccccc3)(C(=O)OC)[C@H]2C1=O.O=C(O)C(F)(F)F. The number of imide groups is 1. The normalized spacial score (nSPS) is 22.4. The first kappa shape index (κ1) is 33.1. The number of nitrogens with zero attached hydrogens (tertiary/aromatic N) is 1. The van der Waals surface area contributed by atoms with Crippen molar-refractivity contribution in [3.8, 4) is 11.1 Å². The molecule has 9 nitrogen and oxygen atoms in total. The van der Waals surface area contributed by atoms with Crippen LogP contribution in [0.15, 0.2) is 78.9 Å². The number of likely N-dealkylation sites (tertiary alicyclic amines) is 1. The molecule has 2 saturated heterocycles. The Morgan fingerprint density at radius 3 is 1.91 bits per heavy atom. The number of alkyl halides is 3. The number of aliphatic carboxylic acids is 1. The maximum atomic E-state index is 13.6. The zero-order chi connectivity index (χ0) is 33.1. The molecule has 0 unspecified atom stereocenters. The minimum atomic E-state index is -5.08. The van der Waals surface area contributed by atoms with Gasteiger partial charge in [0.15, 0.2) is 5.78 Å². The summed E-state index contributed by atoms with van der Waals surface area (Å²) in [6.45, 7) is 3.55. The van der Waals surface area contributed by atoms with Crippen LogP contribution in [-0.2, 0) is 30.3 Å². The van der Waals surface area contributed by atoms with Crippen molar-refractivity contribution in [2.24, 2.45) is 11.8 Å². The van der Waals surface area contributed by atoms with Gasteiger partial charge in [-0.1, -0.05) is 78.9 Å². The standard InChI is InChI=1S/C31H30N2O5.C2HF3O2/c1-4-33-28(35)25-26(29(33)36)31(30(37)38-3,18-20-8-6-5-7-9-20)32-27(25)24-16-14-23(15-17-24)22-12-10-21(11-13-22)19(2)34;3-2(4,5)1(6)7/h5-17,25-27,32H,4,18H2,1-3H3;(H,6,7)/t25-,26-,27-,31-;/m1./s1. The molecule has 2 N–H and O–H groups in total. The monoisotopic (exact) mass is 624 g/mol. The predicted molar refractivity (Wildman–Crippen MR) is 156 cm³/mol. The second-order valence-corrected chi connectivity index (χ2v) is 10.7. The summed E-state index contributed by atoms with van der Waals surface area (Å²) in [5.41, 5.74) is 2.84. The van der Waals surface area contributed by atoms with Crippen LogP contribution in [0.3, 0.4) is 0 Å². The van der Waals surface area contributed by atoms with Crippen molar-refractivity contribution in [1.29, 1.82) is 0 Å². The first-order chi connectivity index (χ1) is 21.2. The summed E-state index contributed by atoms with van der Waals surface area (Å²) >= 11 is 0. The van der Waals surface area contributed by atoms with E-state index >= 15 is 0 Å². The number of ether oxygens (including phenoxy) is 1. The third-order valence-electron chi connectivity index (χ3n) is 8.07. The van der Waals surface area contributed by atoms with E-state index in [4.69, 9.17) is 14.6 Å². The molecule has 2 fully saturated rings. The largest absolute Gasteiger partial charge is 0.490 e. The highest BCUT2D eigenvalue weighted by molar-refractivity contribution is 6.09. The zero-order valence-electron chi connectivity index (χ0n) is 24.6. The molecule has 4 atom stereocenters. The third kappa shape index (κ3) is 6.51. The average molecular weight is 625 g/mol. The number of rotatable bonds is 7. The van der Waals surface area contributed by atoms with E-state index in [2.05, 4.69) is 5.32 Å². The van der Waals surface area contributed by atoms with Gasteiger partial charge in [-0.05, 0) is 36.1 Å². The lowest BCUT2D eigenvalue weighted by atomic mass is 9.76. The van der Waals surface area contributed by atoms with E-state index in [-0.39, 0.29) is 30.6 Å². The summed E-state index contributed by atoms with van der Waals surface area (Å²) in [6.07, 6.45) is -4.87. The van der Waals surface area contributed by atoms with Gasteiger partial charge in [0.2, 0.25) is 11.8 Å². The number of carbonyl (C=O) groups excluding carboxylic acids is 4. The molecule has 0 radical (unpaired) electrons. The van der Waals surface area contributed by atoms with Crippen LogP contribution in [0.25, 0.3) is 11.1 Å². The first-order valence-electron chi connectivity index (χ1n) is 14.0. The summed E-state index contributed by atoms with van der Waals surface area (Å²) in [4.78, 5) is 62.3. The Morgan fingerprint density at radius 1 is 0.911 bits per heavy atom. The van der Waals surface area contributed by atoms with E-state index in [0.717, 1.165) is 22.3 Å². The summed E-state index contributed by atoms with van der Waals surface area (Å²) in [5.74, 6) is -5.54. The number of fused-ring (bicyclic) bond motifs is 1. The van der Waals surface area contributed by atoms with Crippen LogP contribution in [0.5, 0.6) is 0 Å². The second kappa shape index (κ2) is 13.0. The van der Waals surface area contributed by atoms with Gasteiger partial charge in [0.25, 0.3) is 0 Å². The second-order valence-electron chi connectivity index (χ2n) is 10.7. The Morgan fingerprint density at radius 2 is 1.44 bits per heavy atom. The number of hydrogen-bond donors (Lipinski definition) is 2. The Balaban J connectivity index is 0.000000591. The number of carboxylic acid groups (broad SMARTS) is 1. The fourth-order valence-corrected chi connectivity index (χ4v) is 5.96. The molecule has 2 aliphatic rings. The molecule has 0 aliphatic carbocycles. The number of benzene rings is 3. The van der Waals surface area contributed by atoms with Crippen LogP contribution in [-0.4, -0.2) is 64.9 Å². The van der Waals surface area contributed by atoms with E-state index < -0.39 is 41.5 Å². The van der Waals surface area contributed by atoms with Gasteiger partial charge in [-0.15, -0.1) is 0 Å². The molecule has 236 valence electrons. The maximum absolute atomic E-state index is 13.6. The molecule has 3 aromatic carbocycles. The van der Waals surface area contributed by atoms with E-state index in [1.807, 2.05) is 66.7 Å². The lowest BCUT2D eigenvalue weighted by molar-refractivity contribution is -0.192. The van der Waals surface area contributed by atoms with Crippen molar-refractivity contribution < 1.29 is 47.0 Å². The molecule has 0 bridgehead atoms. The molecule has 0 aromatic heterocycles. The van der Waals surface area contributed by atoms with Crippen LogP contribution in [0.2, 0.25) is 0 Å². The van der Waals surface area contributed by atoms with E-state index in [0.29, 0.717) is 5.56 Å². The molecule has 12 heteroatoms. The number of halogens is 3. The number of hydrogen-bond acceptors (Lipinski definition) is 7. The first-order valence-corrected chi connectivity index (χ1v) is 14.0. The van der Waals surface area contributed by atoms with Gasteiger partial charge >= 0.3 is 18.1 Å². The van der Waals surface area contributed by atoms with Crippen LogP contribution in [0.4, 0.5) is 13.2 Å². The number of ketones is 1. The molecule has 3 aromatic rings. The van der Waals surface area contributed by atoms with Gasteiger partial charge < -0.3 is 9.84 Å². The maximum Gasteiger partial charge on any atom is 0.490 e. The number of methoxy groups -OCH3 is 1. The van der Waals surface area contributed by atoms with E-state index in [9.17, 15) is 32.3 Å². The number of carbonyl (C=O) groups is 5. The molecule has 2 amide bonds. The van der Waals surface area contributed by atoms with Gasteiger partial charge in [0, 0.05) is 24.6 Å². The van der Waals surface area contributed by atoms with Gasteiger partial charge in [-0.3, -0.25) is 29.4 Å². The Bertz CT molecular complexity index is 1590. The molecular weight excluding hydrogens is 593 g/mol. The Hall–Kier alpha value is -4.84.